The highest BCUT2D eigenvalue weighted by Crippen LogP contribution is 2.37. The van der Waals surface area contributed by atoms with Gasteiger partial charge in [0.15, 0.2) is 0 Å². The fourth-order valence-electron chi connectivity index (χ4n) is 3.19. The zero-order valence-corrected chi connectivity index (χ0v) is 15.9. The highest BCUT2D eigenvalue weighted by Gasteiger charge is 2.12. The van der Waals surface area contributed by atoms with Gasteiger partial charge in [-0.1, -0.05) is 29.3 Å². The summed E-state index contributed by atoms with van der Waals surface area (Å²) < 4.78 is 6.03. The molecule has 1 aromatic heterocycles. The molecule has 0 radical (unpaired) electrons. The molecule has 0 aliphatic rings. The van der Waals surface area contributed by atoms with E-state index in [0.717, 1.165) is 45.4 Å². The lowest BCUT2D eigenvalue weighted by molar-refractivity contribution is 0.316. The molecule has 0 aliphatic carbocycles. The van der Waals surface area contributed by atoms with Crippen molar-refractivity contribution < 1.29 is 4.74 Å². The SMILES string of the molecule is Cc1ccc(Nc2cc(OCCCN)c3[nH]c4ccc(Cl)cc4c3c2)cc1. The van der Waals surface area contributed by atoms with Gasteiger partial charge in [-0.25, -0.2) is 0 Å². The maximum Gasteiger partial charge on any atom is 0.145 e. The van der Waals surface area contributed by atoms with Crippen LogP contribution in [0.2, 0.25) is 5.02 Å². The molecule has 4 aromatic rings. The molecule has 0 spiro atoms. The molecule has 0 unspecified atom stereocenters. The average Bonchev–Trinajstić information content (AvgIpc) is 3.02. The van der Waals surface area contributed by atoms with Crippen molar-refractivity contribution in [1.29, 1.82) is 0 Å². The number of aromatic nitrogens is 1. The topological polar surface area (TPSA) is 63.1 Å². The van der Waals surface area contributed by atoms with Gasteiger partial charge in [-0.05, 0) is 56.3 Å². The van der Waals surface area contributed by atoms with Gasteiger partial charge < -0.3 is 20.8 Å². The fourth-order valence-corrected chi connectivity index (χ4v) is 3.37. The van der Waals surface area contributed by atoms with Crippen LogP contribution in [0.1, 0.15) is 12.0 Å². The Labute approximate surface area is 163 Å². The third-order valence-corrected chi connectivity index (χ3v) is 4.81. The summed E-state index contributed by atoms with van der Waals surface area (Å²) in [5.41, 5.74) is 10.8. The van der Waals surface area contributed by atoms with Crippen LogP contribution in [0, 0.1) is 6.92 Å². The van der Waals surface area contributed by atoms with Crippen molar-refractivity contribution in [3.63, 3.8) is 0 Å². The van der Waals surface area contributed by atoms with Crippen LogP contribution in [0.15, 0.2) is 54.6 Å². The number of anilines is 2. The van der Waals surface area contributed by atoms with E-state index in [9.17, 15) is 0 Å². The van der Waals surface area contributed by atoms with E-state index in [1.807, 2.05) is 24.3 Å². The molecule has 0 amide bonds. The van der Waals surface area contributed by atoms with E-state index in [1.165, 1.54) is 5.56 Å². The number of ether oxygens (including phenoxy) is 1. The normalized spacial score (nSPS) is 11.2. The maximum absolute atomic E-state index is 6.23. The number of nitrogens with one attached hydrogen (secondary N) is 2. The van der Waals surface area contributed by atoms with Gasteiger partial charge >= 0.3 is 0 Å². The minimum atomic E-state index is 0.579. The Morgan fingerprint density at radius 2 is 1.81 bits per heavy atom. The van der Waals surface area contributed by atoms with Crippen molar-refractivity contribution in [3.8, 4) is 5.75 Å². The summed E-state index contributed by atoms with van der Waals surface area (Å²) in [6.45, 7) is 3.26. The van der Waals surface area contributed by atoms with Gasteiger partial charge in [-0.3, -0.25) is 0 Å². The number of fused-ring (bicyclic) bond motifs is 3. The van der Waals surface area contributed by atoms with E-state index < -0.39 is 0 Å². The second-order valence-electron chi connectivity index (χ2n) is 6.69. The molecular weight excluding hydrogens is 358 g/mol. The van der Waals surface area contributed by atoms with Crippen LogP contribution in [0.3, 0.4) is 0 Å². The van der Waals surface area contributed by atoms with Crippen LogP contribution in [-0.4, -0.2) is 18.1 Å². The second kappa shape index (κ2) is 7.51. The van der Waals surface area contributed by atoms with Gasteiger partial charge in [0.2, 0.25) is 0 Å². The molecule has 4 N–H and O–H groups in total. The third-order valence-electron chi connectivity index (χ3n) is 4.58. The second-order valence-corrected chi connectivity index (χ2v) is 7.13. The first-order valence-electron chi connectivity index (χ1n) is 9.05. The van der Waals surface area contributed by atoms with Crippen molar-refractivity contribution in [2.24, 2.45) is 5.73 Å². The third kappa shape index (κ3) is 3.72. The predicted octanol–water partition coefficient (Wildman–Crippen LogP) is 5.75. The van der Waals surface area contributed by atoms with E-state index in [0.29, 0.717) is 18.2 Å². The first-order valence-corrected chi connectivity index (χ1v) is 9.43. The van der Waals surface area contributed by atoms with E-state index in [-0.39, 0.29) is 0 Å². The Kier molecular flexibility index (Phi) is 4.92. The summed E-state index contributed by atoms with van der Waals surface area (Å²) >= 11 is 6.23. The minimum Gasteiger partial charge on any atom is -0.491 e. The Balaban J connectivity index is 1.81. The largest absolute Gasteiger partial charge is 0.491 e. The molecule has 0 aliphatic heterocycles. The van der Waals surface area contributed by atoms with Crippen molar-refractivity contribution in [2.45, 2.75) is 13.3 Å². The molecule has 0 bridgehead atoms. The number of hydrogen-bond acceptors (Lipinski definition) is 3. The van der Waals surface area contributed by atoms with Crippen LogP contribution >= 0.6 is 11.6 Å². The van der Waals surface area contributed by atoms with Crippen LogP contribution in [0.4, 0.5) is 11.4 Å². The molecule has 5 heteroatoms. The predicted molar refractivity (Wildman–Crippen MR) is 114 cm³/mol. The van der Waals surface area contributed by atoms with Crippen molar-refractivity contribution in [3.05, 3.63) is 65.2 Å². The summed E-state index contributed by atoms with van der Waals surface area (Å²) in [5, 5.41) is 6.34. The van der Waals surface area contributed by atoms with E-state index in [4.69, 9.17) is 22.1 Å². The smallest absolute Gasteiger partial charge is 0.145 e. The van der Waals surface area contributed by atoms with E-state index in [1.54, 1.807) is 0 Å². The lowest BCUT2D eigenvalue weighted by Crippen LogP contribution is -2.06. The highest BCUT2D eigenvalue weighted by molar-refractivity contribution is 6.32. The Hall–Kier alpha value is -2.69. The maximum atomic E-state index is 6.23. The standard InChI is InChI=1S/C22H22ClN3O/c1-14-3-6-16(7-4-14)25-17-12-19-18-11-15(23)5-8-20(18)26-22(19)21(13-17)27-10-2-9-24/h3-8,11-13,25-26H,2,9-10,24H2,1H3. The van der Waals surface area contributed by atoms with Crippen LogP contribution < -0.4 is 15.8 Å². The average molecular weight is 380 g/mol. The summed E-state index contributed by atoms with van der Waals surface area (Å²) in [5.74, 6) is 0.808. The first kappa shape index (κ1) is 17.7. The molecule has 0 fully saturated rings. The molecule has 0 saturated heterocycles. The van der Waals surface area contributed by atoms with Gasteiger partial charge in [0.05, 0.1) is 12.1 Å². The molecule has 4 rings (SSSR count). The molecule has 27 heavy (non-hydrogen) atoms. The molecule has 3 aromatic carbocycles. The van der Waals surface area contributed by atoms with Crippen LogP contribution in [0.5, 0.6) is 5.75 Å². The number of halogens is 1. The van der Waals surface area contributed by atoms with Gasteiger partial charge in [-0.15, -0.1) is 0 Å². The zero-order valence-electron chi connectivity index (χ0n) is 15.2. The number of nitrogens with two attached hydrogens (primary N) is 1. The van der Waals surface area contributed by atoms with Crippen LogP contribution in [0.25, 0.3) is 21.8 Å². The zero-order chi connectivity index (χ0) is 18.8. The van der Waals surface area contributed by atoms with E-state index in [2.05, 4.69) is 47.6 Å². The molecule has 138 valence electrons. The summed E-state index contributed by atoms with van der Waals surface area (Å²) in [4.78, 5) is 3.46. The highest BCUT2D eigenvalue weighted by atomic mass is 35.5. The molecule has 0 atom stereocenters. The fraction of sp³-hybridized carbons (Fsp3) is 0.182. The molecule has 0 saturated carbocycles. The first-order chi connectivity index (χ1) is 13.1. The summed E-state index contributed by atoms with van der Waals surface area (Å²) in [6, 6.07) is 18.3. The number of rotatable bonds is 6. The molecule has 1 heterocycles. The quantitative estimate of drug-likeness (QED) is 0.373. The number of benzene rings is 3. The molecular formula is C22H22ClN3O. The minimum absolute atomic E-state index is 0.579. The lowest BCUT2D eigenvalue weighted by atomic mass is 10.1. The van der Waals surface area contributed by atoms with Crippen LogP contribution in [-0.2, 0) is 0 Å². The number of aryl methyl sites for hydroxylation is 1. The number of H-pyrrole nitrogens is 1. The summed E-state index contributed by atoms with van der Waals surface area (Å²) in [7, 11) is 0. The van der Waals surface area contributed by atoms with Crippen molar-refractivity contribution >= 4 is 44.8 Å². The Bertz CT molecular complexity index is 1090. The lowest BCUT2D eigenvalue weighted by Gasteiger charge is -2.12. The number of hydrogen-bond donors (Lipinski definition) is 3. The van der Waals surface area contributed by atoms with E-state index >= 15 is 0 Å². The van der Waals surface area contributed by atoms with Gasteiger partial charge in [0.1, 0.15) is 5.75 Å². The van der Waals surface area contributed by atoms with Crippen molar-refractivity contribution in [2.75, 3.05) is 18.5 Å². The van der Waals surface area contributed by atoms with Gasteiger partial charge in [0.25, 0.3) is 0 Å². The number of aromatic amines is 1. The van der Waals surface area contributed by atoms with Crippen molar-refractivity contribution in [1.82, 2.24) is 4.98 Å². The molecule has 4 nitrogen and oxygen atoms in total. The monoisotopic (exact) mass is 379 g/mol. The van der Waals surface area contributed by atoms with Gasteiger partial charge in [-0.2, -0.15) is 0 Å². The Morgan fingerprint density at radius 1 is 1.00 bits per heavy atom. The summed E-state index contributed by atoms with van der Waals surface area (Å²) in [6.07, 6.45) is 0.809. The Morgan fingerprint density at radius 3 is 2.59 bits per heavy atom. The van der Waals surface area contributed by atoms with Gasteiger partial charge in [0, 0.05) is 38.8 Å².